The molecule has 5 heteroatoms. The van der Waals surface area contributed by atoms with Gasteiger partial charge in [-0.2, -0.15) is 0 Å². The lowest BCUT2D eigenvalue weighted by molar-refractivity contribution is -0.116. The van der Waals surface area contributed by atoms with Crippen molar-refractivity contribution >= 4 is 35.0 Å². The van der Waals surface area contributed by atoms with Crippen LogP contribution in [-0.4, -0.2) is 11.8 Å². The number of carbonyl (C=O) groups is 2. The molecule has 0 bridgehead atoms. The van der Waals surface area contributed by atoms with Crippen LogP contribution in [0.4, 0.5) is 11.4 Å². The van der Waals surface area contributed by atoms with E-state index < -0.39 is 5.25 Å². The SMILES string of the molecule is CCCCC(=O)Nc1cccc(SC(C(=O)Nc2ccc(C)c(C)c2)c2ccccc2)c1. The number of carbonyl (C=O) groups excluding carboxylic acids is 2. The number of aryl methyl sites for hydroxylation is 2. The second kappa shape index (κ2) is 11.5. The summed E-state index contributed by atoms with van der Waals surface area (Å²) in [6.45, 7) is 6.16. The van der Waals surface area contributed by atoms with Crippen LogP contribution in [-0.2, 0) is 9.59 Å². The van der Waals surface area contributed by atoms with Crippen molar-refractivity contribution in [2.24, 2.45) is 0 Å². The maximum absolute atomic E-state index is 13.3. The van der Waals surface area contributed by atoms with Crippen LogP contribution in [0.5, 0.6) is 0 Å². The molecule has 0 aromatic heterocycles. The third kappa shape index (κ3) is 6.72. The molecule has 0 radical (unpaired) electrons. The first-order valence-electron chi connectivity index (χ1n) is 11.0. The molecule has 0 aliphatic heterocycles. The number of amides is 2. The summed E-state index contributed by atoms with van der Waals surface area (Å²) in [5.41, 5.74) is 4.79. The predicted molar refractivity (Wildman–Crippen MR) is 134 cm³/mol. The number of hydrogen-bond acceptors (Lipinski definition) is 3. The Hall–Kier alpha value is -3.05. The number of anilines is 2. The van der Waals surface area contributed by atoms with Crippen LogP contribution in [0, 0.1) is 13.8 Å². The van der Waals surface area contributed by atoms with E-state index in [4.69, 9.17) is 0 Å². The van der Waals surface area contributed by atoms with Gasteiger partial charge in [-0.25, -0.2) is 0 Å². The van der Waals surface area contributed by atoms with Crippen LogP contribution in [0.3, 0.4) is 0 Å². The van der Waals surface area contributed by atoms with Gasteiger partial charge in [-0.1, -0.05) is 55.8 Å². The summed E-state index contributed by atoms with van der Waals surface area (Å²) < 4.78 is 0. The molecular formula is C27H30N2O2S. The highest BCUT2D eigenvalue weighted by atomic mass is 32.2. The second-order valence-electron chi connectivity index (χ2n) is 7.88. The molecule has 0 saturated carbocycles. The van der Waals surface area contributed by atoms with Crippen LogP contribution < -0.4 is 10.6 Å². The summed E-state index contributed by atoms with van der Waals surface area (Å²) in [4.78, 5) is 26.3. The van der Waals surface area contributed by atoms with Crippen molar-refractivity contribution < 1.29 is 9.59 Å². The lowest BCUT2D eigenvalue weighted by Crippen LogP contribution is -2.19. The molecule has 3 aromatic carbocycles. The fraction of sp³-hybridized carbons (Fsp3) is 0.259. The molecule has 2 N–H and O–H groups in total. The van der Waals surface area contributed by atoms with Crippen LogP contribution >= 0.6 is 11.8 Å². The van der Waals surface area contributed by atoms with E-state index in [-0.39, 0.29) is 11.8 Å². The lowest BCUT2D eigenvalue weighted by atomic mass is 10.1. The molecular weight excluding hydrogens is 416 g/mol. The Morgan fingerprint density at radius 1 is 0.844 bits per heavy atom. The van der Waals surface area contributed by atoms with Gasteiger partial charge in [0, 0.05) is 22.7 Å². The number of nitrogens with one attached hydrogen (secondary N) is 2. The lowest BCUT2D eigenvalue weighted by Gasteiger charge is -2.18. The Bertz CT molecular complexity index is 1070. The Kier molecular flexibility index (Phi) is 8.51. The van der Waals surface area contributed by atoms with Crippen molar-refractivity contribution in [2.75, 3.05) is 10.6 Å². The molecule has 0 heterocycles. The predicted octanol–water partition coefficient (Wildman–Crippen LogP) is 6.90. The third-order valence-corrected chi connectivity index (χ3v) is 6.49. The standard InChI is InChI=1S/C27H30N2O2S/c1-4-5-14-25(30)28-22-12-9-13-24(18-22)32-26(21-10-7-6-8-11-21)27(31)29-23-16-15-19(2)20(3)17-23/h6-13,15-18,26H,4-5,14H2,1-3H3,(H,28,30)(H,29,31). The zero-order valence-electron chi connectivity index (χ0n) is 18.9. The fourth-order valence-electron chi connectivity index (χ4n) is 3.27. The van der Waals surface area contributed by atoms with E-state index in [9.17, 15) is 9.59 Å². The maximum atomic E-state index is 13.3. The van der Waals surface area contributed by atoms with E-state index >= 15 is 0 Å². The van der Waals surface area contributed by atoms with Crippen LogP contribution in [0.1, 0.15) is 48.1 Å². The van der Waals surface area contributed by atoms with Crippen LogP contribution in [0.25, 0.3) is 0 Å². The van der Waals surface area contributed by atoms with Gasteiger partial charge in [0.15, 0.2) is 0 Å². The van der Waals surface area contributed by atoms with Crippen molar-refractivity contribution in [3.63, 3.8) is 0 Å². The fourth-order valence-corrected chi connectivity index (χ4v) is 4.36. The van der Waals surface area contributed by atoms with E-state index in [1.54, 1.807) is 0 Å². The summed E-state index contributed by atoms with van der Waals surface area (Å²) in [5, 5.41) is 5.60. The number of thioether (sulfide) groups is 1. The first-order valence-corrected chi connectivity index (χ1v) is 11.8. The van der Waals surface area contributed by atoms with E-state index in [1.807, 2.05) is 79.7 Å². The number of hydrogen-bond donors (Lipinski definition) is 2. The Morgan fingerprint density at radius 2 is 1.59 bits per heavy atom. The molecule has 4 nitrogen and oxygen atoms in total. The largest absolute Gasteiger partial charge is 0.326 e. The Balaban J connectivity index is 1.79. The topological polar surface area (TPSA) is 58.2 Å². The van der Waals surface area contributed by atoms with Gasteiger partial charge < -0.3 is 10.6 Å². The third-order valence-electron chi connectivity index (χ3n) is 5.24. The van der Waals surface area contributed by atoms with Gasteiger partial charge in [0.1, 0.15) is 5.25 Å². The Labute approximate surface area is 194 Å². The minimum absolute atomic E-state index is 0.0149. The monoisotopic (exact) mass is 446 g/mol. The van der Waals surface area contributed by atoms with Crippen molar-refractivity contribution in [3.8, 4) is 0 Å². The van der Waals surface area contributed by atoms with Gasteiger partial charge in [0.2, 0.25) is 11.8 Å². The van der Waals surface area contributed by atoms with E-state index in [1.165, 1.54) is 17.3 Å². The van der Waals surface area contributed by atoms with Crippen molar-refractivity contribution in [1.82, 2.24) is 0 Å². The molecule has 0 aliphatic rings. The maximum Gasteiger partial charge on any atom is 0.242 e. The van der Waals surface area contributed by atoms with Gasteiger partial charge in [-0.3, -0.25) is 9.59 Å². The molecule has 3 rings (SSSR count). The number of unbranched alkanes of at least 4 members (excludes halogenated alkanes) is 1. The zero-order valence-corrected chi connectivity index (χ0v) is 19.7. The first-order chi connectivity index (χ1) is 15.5. The van der Waals surface area contributed by atoms with E-state index in [2.05, 4.69) is 24.5 Å². The van der Waals surface area contributed by atoms with Crippen molar-refractivity contribution in [1.29, 1.82) is 0 Å². The van der Waals surface area contributed by atoms with Crippen LogP contribution in [0.2, 0.25) is 0 Å². The Morgan fingerprint density at radius 3 is 2.31 bits per heavy atom. The molecule has 0 aliphatic carbocycles. The highest BCUT2D eigenvalue weighted by Crippen LogP contribution is 2.37. The van der Waals surface area contributed by atoms with Gasteiger partial charge >= 0.3 is 0 Å². The summed E-state index contributed by atoms with van der Waals surface area (Å²) in [6, 6.07) is 23.4. The molecule has 3 aromatic rings. The highest BCUT2D eigenvalue weighted by molar-refractivity contribution is 8.00. The van der Waals surface area contributed by atoms with Crippen molar-refractivity contribution in [3.05, 3.63) is 89.5 Å². The van der Waals surface area contributed by atoms with Gasteiger partial charge in [-0.15, -0.1) is 11.8 Å². The molecule has 1 unspecified atom stereocenters. The molecule has 32 heavy (non-hydrogen) atoms. The normalized spacial score (nSPS) is 11.6. The summed E-state index contributed by atoms with van der Waals surface area (Å²) in [6.07, 6.45) is 2.37. The molecule has 1 atom stereocenters. The van der Waals surface area contributed by atoms with Crippen molar-refractivity contribution in [2.45, 2.75) is 50.2 Å². The van der Waals surface area contributed by atoms with Gasteiger partial charge in [0.25, 0.3) is 0 Å². The summed E-state index contributed by atoms with van der Waals surface area (Å²) in [5.74, 6) is -0.0667. The smallest absolute Gasteiger partial charge is 0.242 e. The van der Waals surface area contributed by atoms with E-state index in [0.717, 1.165) is 40.2 Å². The quantitative estimate of drug-likeness (QED) is 0.351. The molecule has 0 saturated heterocycles. The highest BCUT2D eigenvalue weighted by Gasteiger charge is 2.22. The second-order valence-corrected chi connectivity index (χ2v) is 9.05. The van der Waals surface area contributed by atoms with Gasteiger partial charge in [-0.05, 0) is 67.3 Å². The molecule has 0 fully saturated rings. The van der Waals surface area contributed by atoms with Crippen LogP contribution in [0.15, 0.2) is 77.7 Å². The van der Waals surface area contributed by atoms with E-state index in [0.29, 0.717) is 6.42 Å². The average molecular weight is 447 g/mol. The number of benzene rings is 3. The zero-order chi connectivity index (χ0) is 22.9. The minimum Gasteiger partial charge on any atom is -0.326 e. The number of rotatable bonds is 9. The van der Waals surface area contributed by atoms with Gasteiger partial charge in [0.05, 0.1) is 0 Å². The minimum atomic E-state index is -0.427. The average Bonchev–Trinajstić information content (AvgIpc) is 2.79. The summed E-state index contributed by atoms with van der Waals surface area (Å²) in [7, 11) is 0. The molecule has 166 valence electrons. The molecule has 0 spiro atoms. The summed E-state index contributed by atoms with van der Waals surface area (Å²) >= 11 is 1.47. The molecule has 2 amide bonds. The first kappa shape index (κ1) is 23.6.